The lowest BCUT2D eigenvalue weighted by atomic mass is 9.98. The number of carbonyl (C=O) groups excluding carboxylic acids is 1. The zero-order chi connectivity index (χ0) is 24.2. The normalized spacial score (nSPS) is 19.0. The highest BCUT2D eigenvalue weighted by molar-refractivity contribution is 5.77. The summed E-state index contributed by atoms with van der Waals surface area (Å²) >= 11 is 0. The third-order valence-electron chi connectivity index (χ3n) is 7.00. The standard InChI is InChI=1S/C28H32N4O3/c1-20-22(8-13-27(30-20)35-25-11-9-24(34-2)10-12-25)19-31-16-14-23(15-17-31)32-26(18-29-28(32)33)21-6-4-3-5-7-21/h3-13,23,26H,14-19H2,1-2H3,(H,29,33). The first-order chi connectivity index (χ1) is 17.1. The van der Waals surface area contributed by atoms with Crippen LogP contribution in [0.25, 0.3) is 0 Å². The molecule has 7 heteroatoms. The predicted octanol–water partition coefficient (Wildman–Crippen LogP) is 4.92. The molecular formula is C28H32N4O3. The van der Waals surface area contributed by atoms with Gasteiger partial charge in [-0.1, -0.05) is 36.4 Å². The molecule has 2 aromatic carbocycles. The molecule has 7 nitrogen and oxygen atoms in total. The number of carbonyl (C=O) groups is 1. The molecule has 35 heavy (non-hydrogen) atoms. The Kier molecular flexibility index (Phi) is 6.86. The molecule has 2 fully saturated rings. The van der Waals surface area contributed by atoms with Gasteiger partial charge in [0.25, 0.3) is 0 Å². The first-order valence-electron chi connectivity index (χ1n) is 12.2. The van der Waals surface area contributed by atoms with E-state index in [0.717, 1.165) is 49.7 Å². The second-order valence-electron chi connectivity index (χ2n) is 9.20. The lowest BCUT2D eigenvalue weighted by Crippen LogP contribution is -2.46. The number of ether oxygens (including phenoxy) is 2. The van der Waals surface area contributed by atoms with Gasteiger partial charge in [-0.25, -0.2) is 9.78 Å². The highest BCUT2D eigenvalue weighted by Gasteiger charge is 2.38. The summed E-state index contributed by atoms with van der Waals surface area (Å²) in [5, 5.41) is 3.05. The van der Waals surface area contributed by atoms with Gasteiger partial charge in [0.1, 0.15) is 11.5 Å². The zero-order valence-electron chi connectivity index (χ0n) is 20.3. The van der Waals surface area contributed by atoms with E-state index in [2.05, 4.69) is 38.3 Å². The van der Waals surface area contributed by atoms with Gasteiger partial charge in [0, 0.05) is 44.0 Å². The van der Waals surface area contributed by atoms with E-state index >= 15 is 0 Å². The number of aryl methyl sites for hydroxylation is 1. The number of benzene rings is 2. The number of hydrogen-bond donors (Lipinski definition) is 1. The van der Waals surface area contributed by atoms with Crippen molar-refractivity contribution in [3.8, 4) is 17.4 Å². The first kappa shape index (κ1) is 23.2. The van der Waals surface area contributed by atoms with E-state index in [0.29, 0.717) is 12.4 Å². The minimum absolute atomic E-state index is 0.0600. The Morgan fingerprint density at radius 2 is 1.69 bits per heavy atom. The van der Waals surface area contributed by atoms with Crippen LogP contribution in [-0.2, 0) is 6.54 Å². The monoisotopic (exact) mass is 472 g/mol. The molecule has 2 saturated heterocycles. The molecule has 0 bridgehead atoms. The maximum absolute atomic E-state index is 12.6. The summed E-state index contributed by atoms with van der Waals surface area (Å²) in [5.74, 6) is 2.11. The molecule has 0 spiro atoms. The van der Waals surface area contributed by atoms with Crippen LogP contribution in [0.15, 0.2) is 66.7 Å². The third-order valence-corrected chi connectivity index (χ3v) is 7.00. The maximum atomic E-state index is 12.6. The summed E-state index contributed by atoms with van der Waals surface area (Å²) in [6.45, 7) is 5.47. The van der Waals surface area contributed by atoms with Gasteiger partial charge in [-0.2, -0.15) is 0 Å². The summed E-state index contributed by atoms with van der Waals surface area (Å²) in [6, 6.07) is 22.3. The van der Waals surface area contributed by atoms with Gasteiger partial charge in [-0.15, -0.1) is 0 Å². The minimum atomic E-state index is 0.0600. The number of nitrogens with zero attached hydrogens (tertiary/aromatic N) is 3. The van der Waals surface area contributed by atoms with Gasteiger partial charge in [0.2, 0.25) is 5.88 Å². The van der Waals surface area contributed by atoms with Crippen molar-refractivity contribution < 1.29 is 14.3 Å². The van der Waals surface area contributed by atoms with Crippen molar-refractivity contribution >= 4 is 6.03 Å². The summed E-state index contributed by atoms with van der Waals surface area (Å²) < 4.78 is 11.1. The molecule has 5 rings (SSSR count). The van der Waals surface area contributed by atoms with Gasteiger partial charge in [-0.3, -0.25) is 4.90 Å². The molecule has 2 aliphatic heterocycles. The van der Waals surface area contributed by atoms with Crippen molar-refractivity contribution in [1.29, 1.82) is 0 Å². The van der Waals surface area contributed by atoms with E-state index in [4.69, 9.17) is 9.47 Å². The zero-order valence-corrected chi connectivity index (χ0v) is 20.3. The molecule has 1 aromatic heterocycles. The smallest absolute Gasteiger partial charge is 0.318 e. The Balaban J connectivity index is 1.17. The van der Waals surface area contributed by atoms with Crippen molar-refractivity contribution in [3.63, 3.8) is 0 Å². The molecule has 2 aliphatic rings. The van der Waals surface area contributed by atoms with Crippen molar-refractivity contribution in [2.24, 2.45) is 0 Å². The lowest BCUT2D eigenvalue weighted by Gasteiger charge is -2.38. The highest BCUT2D eigenvalue weighted by atomic mass is 16.5. The Morgan fingerprint density at radius 3 is 2.37 bits per heavy atom. The predicted molar refractivity (Wildman–Crippen MR) is 135 cm³/mol. The van der Waals surface area contributed by atoms with E-state index in [-0.39, 0.29) is 18.1 Å². The fourth-order valence-corrected chi connectivity index (χ4v) is 5.04. The Bertz CT molecular complexity index is 1140. The Labute approximate surface area is 206 Å². The maximum Gasteiger partial charge on any atom is 0.318 e. The number of amides is 2. The fourth-order valence-electron chi connectivity index (χ4n) is 5.04. The van der Waals surface area contributed by atoms with Gasteiger partial charge in [0.15, 0.2) is 0 Å². The fraction of sp³-hybridized carbons (Fsp3) is 0.357. The molecule has 1 unspecified atom stereocenters. The van der Waals surface area contributed by atoms with Crippen LogP contribution < -0.4 is 14.8 Å². The quantitative estimate of drug-likeness (QED) is 0.529. The summed E-state index contributed by atoms with van der Waals surface area (Å²) in [4.78, 5) is 21.8. The van der Waals surface area contributed by atoms with Gasteiger partial charge in [-0.05, 0) is 55.2 Å². The van der Waals surface area contributed by atoms with Gasteiger partial charge >= 0.3 is 6.03 Å². The topological polar surface area (TPSA) is 66.9 Å². The summed E-state index contributed by atoms with van der Waals surface area (Å²) in [5.41, 5.74) is 3.37. The lowest BCUT2D eigenvalue weighted by molar-refractivity contribution is 0.112. The van der Waals surface area contributed by atoms with E-state index in [1.54, 1.807) is 7.11 Å². The number of rotatable bonds is 7. The number of piperidine rings is 1. The first-order valence-corrected chi connectivity index (χ1v) is 12.2. The average Bonchev–Trinajstić information content (AvgIpc) is 3.28. The number of pyridine rings is 1. The van der Waals surface area contributed by atoms with E-state index < -0.39 is 0 Å². The second kappa shape index (κ2) is 10.4. The van der Waals surface area contributed by atoms with Crippen LogP contribution in [-0.4, -0.2) is 53.6 Å². The van der Waals surface area contributed by atoms with Crippen LogP contribution in [0.3, 0.4) is 0 Å². The molecular weight excluding hydrogens is 440 g/mol. The number of likely N-dealkylation sites (tertiary alicyclic amines) is 1. The minimum Gasteiger partial charge on any atom is -0.497 e. The van der Waals surface area contributed by atoms with Crippen molar-refractivity contribution in [3.05, 3.63) is 83.6 Å². The van der Waals surface area contributed by atoms with Gasteiger partial charge < -0.3 is 19.7 Å². The average molecular weight is 473 g/mol. The van der Waals surface area contributed by atoms with Crippen LogP contribution in [0.1, 0.15) is 35.7 Å². The molecule has 2 amide bonds. The van der Waals surface area contributed by atoms with Crippen LogP contribution in [0.2, 0.25) is 0 Å². The Hall–Kier alpha value is -3.58. The highest BCUT2D eigenvalue weighted by Crippen LogP contribution is 2.31. The Morgan fingerprint density at radius 1 is 0.971 bits per heavy atom. The number of aromatic nitrogens is 1. The molecule has 0 radical (unpaired) electrons. The molecule has 1 atom stereocenters. The van der Waals surface area contributed by atoms with Gasteiger partial charge in [0.05, 0.1) is 13.2 Å². The van der Waals surface area contributed by atoms with E-state index in [1.807, 2.05) is 55.5 Å². The molecule has 3 heterocycles. The summed E-state index contributed by atoms with van der Waals surface area (Å²) in [7, 11) is 1.65. The van der Waals surface area contributed by atoms with Crippen molar-refractivity contribution in [1.82, 2.24) is 20.1 Å². The SMILES string of the molecule is COc1ccc(Oc2ccc(CN3CCC(N4C(=O)NCC4c4ccccc4)CC3)c(C)n2)cc1. The second-order valence-corrected chi connectivity index (χ2v) is 9.20. The van der Waals surface area contributed by atoms with E-state index in [9.17, 15) is 4.79 Å². The van der Waals surface area contributed by atoms with E-state index in [1.165, 1.54) is 11.1 Å². The number of hydrogen-bond acceptors (Lipinski definition) is 5. The third kappa shape index (κ3) is 5.25. The molecule has 182 valence electrons. The molecule has 0 aliphatic carbocycles. The molecule has 3 aromatic rings. The van der Waals surface area contributed by atoms with Crippen LogP contribution in [0.4, 0.5) is 4.79 Å². The van der Waals surface area contributed by atoms with Crippen LogP contribution in [0.5, 0.6) is 17.4 Å². The number of methoxy groups -OCH3 is 1. The molecule has 0 saturated carbocycles. The largest absolute Gasteiger partial charge is 0.497 e. The van der Waals surface area contributed by atoms with Crippen molar-refractivity contribution in [2.75, 3.05) is 26.7 Å². The van der Waals surface area contributed by atoms with Crippen LogP contribution in [0, 0.1) is 6.92 Å². The summed E-state index contributed by atoms with van der Waals surface area (Å²) in [6.07, 6.45) is 1.95. The van der Waals surface area contributed by atoms with Crippen LogP contribution >= 0.6 is 0 Å². The molecule has 1 N–H and O–H groups in total. The number of urea groups is 1. The number of nitrogens with one attached hydrogen (secondary N) is 1. The van der Waals surface area contributed by atoms with Crippen molar-refractivity contribution in [2.45, 2.75) is 38.4 Å².